The summed E-state index contributed by atoms with van der Waals surface area (Å²) in [5.74, 6) is 2.23. The first kappa shape index (κ1) is 22.8. The van der Waals surface area contributed by atoms with Crippen LogP contribution in [0.4, 0.5) is 0 Å². The maximum absolute atomic E-state index is 7.49. The van der Waals surface area contributed by atoms with Crippen molar-refractivity contribution in [3.05, 3.63) is 47.5 Å². The molecule has 9 heteroatoms. The summed E-state index contributed by atoms with van der Waals surface area (Å²) in [5, 5.41) is 15.0. The number of amidine groups is 2. The number of likely N-dealkylation sites (N-methyl/N-ethyl adjacent to an activating group) is 1. The van der Waals surface area contributed by atoms with E-state index in [0.29, 0.717) is 60.4 Å². The molecule has 2 rings (SSSR count). The van der Waals surface area contributed by atoms with E-state index in [2.05, 4.69) is 4.90 Å². The lowest BCUT2D eigenvalue weighted by atomic mass is 10.2. The van der Waals surface area contributed by atoms with Crippen LogP contribution in [0.25, 0.3) is 0 Å². The fourth-order valence-electron chi connectivity index (χ4n) is 2.64. The Bertz CT molecular complexity index is 816. The van der Waals surface area contributed by atoms with Crippen molar-refractivity contribution in [3.63, 3.8) is 0 Å². The third-order valence-electron chi connectivity index (χ3n) is 4.41. The van der Waals surface area contributed by atoms with Crippen molar-refractivity contribution in [1.29, 1.82) is 10.8 Å². The monoisotopic (exact) mass is 415 g/mol. The summed E-state index contributed by atoms with van der Waals surface area (Å²) in [6.45, 7) is 2.29. The predicted octanol–water partition coefficient (Wildman–Crippen LogP) is 1.66. The van der Waals surface area contributed by atoms with Gasteiger partial charge in [-0.15, -0.1) is 0 Å². The number of nitrogens with zero attached hydrogens (tertiary/aromatic N) is 1. The molecular weight excluding hydrogens is 386 g/mol. The van der Waals surface area contributed by atoms with Gasteiger partial charge in [0.1, 0.15) is 24.9 Å². The Morgan fingerprint density at radius 3 is 1.50 bits per heavy atom. The van der Waals surface area contributed by atoms with Gasteiger partial charge in [0.05, 0.1) is 14.2 Å². The van der Waals surface area contributed by atoms with Crippen molar-refractivity contribution in [2.24, 2.45) is 11.5 Å². The van der Waals surface area contributed by atoms with Crippen molar-refractivity contribution in [2.75, 3.05) is 47.6 Å². The van der Waals surface area contributed by atoms with Crippen LogP contribution in [-0.2, 0) is 0 Å². The second-order valence-corrected chi connectivity index (χ2v) is 6.56. The van der Waals surface area contributed by atoms with E-state index in [-0.39, 0.29) is 11.7 Å². The Morgan fingerprint density at radius 1 is 0.767 bits per heavy atom. The van der Waals surface area contributed by atoms with Crippen LogP contribution in [0.2, 0.25) is 0 Å². The van der Waals surface area contributed by atoms with Crippen molar-refractivity contribution < 1.29 is 18.9 Å². The molecule has 0 spiro atoms. The van der Waals surface area contributed by atoms with Crippen molar-refractivity contribution in [2.45, 2.75) is 0 Å². The van der Waals surface area contributed by atoms with Gasteiger partial charge >= 0.3 is 0 Å². The number of ether oxygens (including phenoxy) is 4. The molecule has 2 aromatic carbocycles. The number of hydrogen-bond donors (Lipinski definition) is 4. The highest BCUT2D eigenvalue weighted by Crippen LogP contribution is 2.28. The minimum absolute atomic E-state index is 0.0212. The molecule has 6 N–H and O–H groups in total. The van der Waals surface area contributed by atoms with Gasteiger partial charge in [-0.25, -0.2) is 0 Å². The lowest BCUT2D eigenvalue weighted by Gasteiger charge is -2.19. The second kappa shape index (κ2) is 10.9. The molecule has 0 aromatic heterocycles. The molecule has 0 aliphatic carbocycles. The van der Waals surface area contributed by atoms with E-state index >= 15 is 0 Å². The standard InChI is InChI=1S/C21H29N5O4/c1-26(8-10-29-16-6-4-14(20(22)23)12-18(16)27-2)9-11-30-17-7-5-15(21(24)25)13-19(17)28-3/h4-7,12-13H,8-11H2,1-3H3,(H3,22,23)(H3,24,25). The summed E-state index contributed by atoms with van der Waals surface area (Å²) in [6, 6.07) is 10.3. The number of nitrogens with one attached hydrogen (secondary N) is 2. The number of nitrogen functional groups attached to an aromatic ring is 2. The topological polar surface area (TPSA) is 140 Å². The van der Waals surface area contributed by atoms with Gasteiger partial charge in [0.25, 0.3) is 0 Å². The summed E-state index contributed by atoms with van der Waals surface area (Å²) in [4.78, 5) is 2.08. The van der Waals surface area contributed by atoms with E-state index in [4.69, 9.17) is 41.2 Å². The molecule has 0 radical (unpaired) electrons. The Labute approximate surface area is 176 Å². The molecule has 0 unspecified atom stereocenters. The second-order valence-electron chi connectivity index (χ2n) is 6.56. The van der Waals surface area contributed by atoms with Gasteiger partial charge in [-0.3, -0.25) is 15.7 Å². The molecule has 30 heavy (non-hydrogen) atoms. The molecule has 0 heterocycles. The van der Waals surface area contributed by atoms with E-state index in [9.17, 15) is 0 Å². The van der Waals surface area contributed by atoms with Crippen molar-refractivity contribution in [3.8, 4) is 23.0 Å². The molecule has 0 amide bonds. The van der Waals surface area contributed by atoms with E-state index in [0.717, 1.165) is 0 Å². The number of nitrogens with two attached hydrogens (primary N) is 2. The minimum Gasteiger partial charge on any atom is -0.493 e. The molecule has 0 saturated carbocycles. The average molecular weight is 415 g/mol. The average Bonchev–Trinajstić information content (AvgIpc) is 2.73. The molecule has 0 atom stereocenters. The van der Waals surface area contributed by atoms with Gasteiger partial charge in [0, 0.05) is 24.2 Å². The lowest BCUT2D eigenvalue weighted by Crippen LogP contribution is -2.28. The van der Waals surface area contributed by atoms with Crippen LogP contribution in [0, 0.1) is 10.8 Å². The Morgan fingerprint density at radius 2 is 1.17 bits per heavy atom. The van der Waals surface area contributed by atoms with Gasteiger partial charge in [-0.05, 0) is 43.4 Å². The van der Waals surface area contributed by atoms with E-state index < -0.39 is 0 Å². The van der Waals surface area contributed by atoms with Crippen LogP contribution < -0.4 is 30.4 Å². The fourth-order valence-corrected chi connectivity index (χ4v) is 2.64. The highest BCUT2D eigenvalue weighted by molar-refractivity contribution is 5.96. The summed E-state index contributed by atoms with van der Waals surface area (Å²) >= 11 is 0. The Balaban J connectivity index is 1.80. The van der Waals surface area contributed by atoms with Gasteiger partial charge in [-0.2, -0.15) is 0 Å². The Hall–Kier alpha value is -3.46. The van der Waals surface area contributed by atoms with Crippen LogP contribution >= 0.6 is 0 Å². The SMILES string of the molecule is COc1cc(C(=N)N)ccc1OCCN(C)CCOc1ccc(C(=N)N)cc1OC. The highest BCUT2D eigenvalue weighted by atomic mass is 16.5. The zero-order valence-corrected chi connectivity index (χ0v) is 17.5. The molecule has 0 bridgehead atoms. The first-order valence-corrected chi connectivity index (χ1v) is 9.34. The maximum atomic E-state index is 7.49. The smallest absolute Gasteiger partial charge is 0.161 e. The first-order valence-electron chi connectivity index (χ1n) is 9.34. The quantitative estimate of drug-likeness (QED) is 0.305. The van der Waals surface area contributed by atoms with E-state index in [1.807, 2.05) is 7.05 Å². The van der Waals surface area contributed by atoms with Crippen molar-refractivity contribution in [1.82, 2.24) is 4.90 Å². The zero-order valence-electron chi connectivity index (χ0n) is 17.5. The molecule has 9 nitrogen and oxygen atoms in total. The number of benzene rings is 2. The van der Waals surface area contributed by atoms with Gasteiger partial charge in [0.15, 0.2) is 23.0 Å². The largest absolute Gasteiger partial charge is 0.493 e. The minimum atomic E-state index is -0.0212. The lowest BCUT2D eigenvalue weighted by molar-refractivity contribution is 0.196. The third kappa shape index (κ3) is 6.28. The summed E-state index contributed by atoms with van der Waals surface area (Å²) < 4.78 is 22.2. The van der Waals surface area contributed by atoms with Gasteiger partial charge in [0.2, 0.25) is 0 Å². The Kier molecular flexibility index (Phi) is 8.30. The van der Waals surface area contributed by atoms with Crippen LogP contribution in [0.1, 0.15) is 11.1 Å². The molecule has 2 aromatic rings. The molecular formula is C21H29N5O4. The number of rotatable bonds is 12. The van der Waals surface area contributed by atoms with Crippen LogP contribution in [-0.4, -0.2) is 64.1 Å². The molecule has 0 saturated heterocycles. The third-order valence-corrected chi connectivity index (χ3v) is 4.41. The highest BCUT2D eigenvalue weighted by Gasteiger charge is 2.10. The fraction of sp³-hybridized carbons (Fsp3) is 0.333. The normalized spacial score (nSPS) is 10.5. The molecule has 0 fully saturated rings. The zero-order chi connectivity index (χ0) is 22.1. The van der Waals surface area contributed by atoms with Gasteiger partial charge < -0.3 is 30.4 Å². The van der Waals surface area contributed by atoms with Crippen LogP contribution in [0.15, 0.2) is 36.4 Å². The number of hydrogen-bond acceptors (Lipinski definition) is 7. The maximum Gasteiger partial charge on any atom is 0.161 e. The van der Waals surface area contributed by atoms with Crippen LogP contribution in [0.3, 0.4) is 0 Å². The van der Waals surface area contributed by atoms with Crippen molar-refractivity contribution >= 4 is 11.7 Å². The molecule has 162 valence electrons. The molecule has 0 aliphatic heterocycles. The predicted molar refractivity (Wildman–Crippen MR) is 117 cm³/mol. The first-order chi connectivity index (χ1) is 14.3. The van der Waals surface area contributed by atoms with E-state index in [1.54, 1.807) is 50.6 Å². The van der Waals surface area contributed by atoms with Crippen LogP contribution in [0.5, 0.6) is 23.0 Å². The summed E-state index contributed by atoms with van der Waals surface area (Å²) in [6.07, 6.45) is 0. The number of methoxy groups -OCH3 is 2. The summed E-state index contributed by atoms with van der Waals surface area (Å²) in [7, 11) is 5.07. The summed E-state index contributed by atoms with van der Waals surface area (Å²) in [5.41, 5.74) is 12.2. The van der Waals surface area contributed by atoms with E-state index in [1.165, 1.54) is 0 Å². The van der Waals surface area contributed by atoms with Gasteiger partial charge in [-0.1, -0.05) is 0 Å². The molecule has 0 aliphatic rings.